The van der Waals surface area contributed by atoms with Crippen molar-refractivity contribution in [2.75, 3.05) is 24.5 Å². The highest BCUT2D eigenvalue weighted by atomic mass is 19.1. The van der Waals surface area contributed by atoms with Crippen molar-refractivity contribution in [3.8, 4) is 0 Å². The molecular weight excluding hydrogens is 274 g/mol. The van der Waals surface area contributed by atoms with Crippen molar-refractivity contribution in [2.24, 2.45) is 0 Å². The van der Waals surface area contributed by atoms with E-state index in [9.17, 15) is 8.78 Å². The SMILES string of the molecule is CCCNCc1cc(F)c(N2C[C@@H](C)O[C@@H](C)C2)c(F)c1. The number of ether oxygens (including phenoxy) is 1. The Morgan fingerprint density at radius 3 is 2.29 bits per heavy atom. The fourth-order valence-electron chi connectivity index (χ4n) is 2.79. The van der Waals surface area contributed by atoms with Crippen LogP contribution in [0.3, 0.4) is 0 Å². The van der Waals surface area contributed by atoms with Gasteiger partial charge in [0.05, 0.1) is 12.2 Å². The summed E-state index contributed by atoms with van der Waals surface area (Å²) in [5.74, 6) is -0.991. The van der Waals surface area contributed by atoms with Gasteiger partial charge in [-0.3, -0.25) is 0 Å². The lowest BCUT2D eigenvalue weighted by atomic mass is 10.1. The molecule has 0 saturated carbocycles. The fourth-order valence-corrected chi connectivity index (χ4v) is 2.79. The third-order valence-electron chi connectivity index (χ3n) is 3.57. The molecule has 21 heavy (non-hydrogen) atoms. The number of nitrogens with zero attached hydrogens (tertiary/aromatic N) is 1. The highest BCUT2D eigenvalue weighted by molar-refractivity contribution is 5.51. The predicted molar refractivity (Wildman–Crippen MR) is 80.6 cm³/mol. The van der Waals surface area contributed by atoms with Crippen LogP contribution in [0.4, 0.5) is 14.5 Å². The summed E-state index contributed by atoms with van der Waals surface area (Å²) in [4.78, 5) is 1.74. The molecule has 118 valence electrons. The summed E-state index contributed by atoms with van der Waals surface area (Å²) < 4.78 is 34.2. The van der Waals surface area contributed by atoms with Gasteiger partial charge in [0.15, 0.2) is 0 Å². The number of anilines is 1. The Balaban J connectivity index is 2.16. The van der Waals surface area contributed by atoms with Gasteiger partial charge in [0.1, 0.15) is 17.3 Å². The van der Waals surface area contributed by atoms with E-state index >= 15 is 0 Å². The number of nitrogens with one attached hydrogen (secondary N) is 1. The van der Waals surface area contributed by atoms with E-state index in [1.807, 2.05) is 13.8 Å². The highest BCUT2D eigenvalue weighted by Crippen LogP contribution is 2.28. The van der Waals surface area contributed by atoms with Crippen molar-refractivity contribution in [1.29, 1.82) is 0 Å². The molecule has 1 heterocycles. The van der Waals surface area contributed by atoms with Crippen molar-refractivity contribution in [1.82, 2.24) is 5.32 Å². The van der Waals surface area contributed by atoms with Crippen molar-refractivity contribution >= 4 is 5.69 Å². The first kappa shape index (κ1) is 16.2. The summed E-state index contributed by atoms with van der Waals surface area (Å²) >= 11 is 0. The molecule has 1 aromatic rings. The molecule has 0 spiro atoms. The third-order valence-corrected chi connectivity index (χ3v) is 3.57. The summed E-state index contributed by atoms with van der Waals surface area (Å²) in [5.41, 5.74) is 0.702. The van der Waals surface area contributed by atoms with Crippen LogP contribution in [0.25, 0.3) is 0 Å². The molecular formula is C16H24F2N2O. The van der Waals surface area contributed by atoms with Crippen LogP contribution in [0.1, 0.15) is 32.8 Å². The monoisotopic (exact) mass is 298 g/mol. The number of morpholine rings is 1. The second-order valence-corrected chi connectivity index (χ2v) is 5.75. The van der Waals surface area contributed by atoms with Gasteiger partial charge in [-0.2, -0.15) is 0 Å². The highest BCUT2D eigenvalue weighted by Gasteiger charge is 2.26. The van der Waals surface area contributed by atoms with Crippen LogP contribution >= 0.6 is 0 Å². The molecule has 0 unspecified atom stereocenters. The van der Waals surface area contributed by atoms with Crippen LogP contribution in [-0.4, -0.2) is 31.8 Å². The standard InChI is InChI=1S/C16H24F2N2O/c1-4-5-19-8-13-6-14(17)16(15(18)7-13)20-9-11(2)21-12(3)10-20/h6-7,11-12,19H,4-5,8-10H2,1-3H3/t11-,12+. The molecule has 0 aliphatic carbocycles. The van der Waals surface area contributed by atoms with Crippen molar-refractivity contribution in [3.63, 3.8) is 0 Å². The average Bonchev–Trinajstić information content (AvgIpc) is 2.37. The first-order valence-electron chi connectivity index (χ1n) is 7.60. The number of benzene rings is 1. The van der Waals surface area contributed by atoms with Crippen LogP contribution in [0, 0.1) is 11.6 Å². The van der Waals surface area contributed by atoms with E-state index in [4.69, 9.17) is 4.74 Å². The van der Waals surface area contributed by atoms with Gasteiger partial charge in [-0.05, 0) is 44.5 Å². The normalized spacial score (nSPS) is 22.6. The number of hydrogen-bond donors (Lipinski definition) is 1. The molecule has 1 fully saturated rings. The molecule has 1 aromatic carbocycles. The van der Waals surface area contributed by atoms with Gasteiger partial charge >= 0.3 is 0 Å². The lowest BCUT2D eigenvalue weighted by Gasteiger charge is -2.37. The topological polar surface area (TPSA) is 24.5 Å². The smallest absolute Gasteiger partial charge is 0.149 e. The van der Waals surface area contributed by atoms with Crippen molar-refractivity contribution in [2.45, 2.75) is 45.9 Å². The molecule has 1 N–H and O–H groups in total. The summed E-state index contributed by atoms with van der Waals surface area (Å²) in [6, 6.07) is 2.84. The van der Waals surface area contributed by atoms with Crippen LogP contribution in [0.2, 0.25) is 0 Å². The van der Waals surface area contributed by atoms with E-state index in [0.717, 1.165) is 13.0 Å². The zero-order valence-corrected chi connectivity index (χ0v) is 13.0. The van der Waals surface area contributed by atoms with Crippen molar-refractivity contribution < 1.29 is 13.5 Å². The maximum Gasteiger partial charge on any atom is 0.149 e. The van der Waals surface area contributed by atoms with Crippen LogP contribution in [0.15, 0.2) is 12.1 Å². The first-order valence-corrected chi connectivity index (χ1v) is 7.60. The average molecular weight is 298 g/mol. The second kappa shape index (κ2) is 7.18. The van der Waals surface area contributed by atoms with Crippen LogP contribution in [-0.2, 0) is 11.3 Å². The Bertz CT molecular complexity index is 448. The molecule has 1 saturated heterocycles. The zero-order chi connectivity index (χ0) is 15.4. The molecule has 2 rings (SSSR count). The van der Waals surface area contributed by atoms with Crippen LogP contribution < -0.4 is 10.2 Å². The molecule has 0 amide bonds. The van der Waals surface area contributed by atoms with Gasteiger partial charge in [0.25, 0.3) is 0 Å². The van der Waals surface area contributed by atoms with Gasteiger partial charge in [0, 0.05) is 19.6 Å². The van der Waals surface area contributed by atoms with Gasteiger partial charge in [-0.15, -0.1) is 0 Å². The van der Waals surface area contributed by atoms with E-state index in [2.05, 4.69) is 12.2 Å². The molecule has 5 heteroatoms. The quantitative estimate of drug-likeness (QED) is 0.846. The maximum absolute atomic E-state index is 14.3. The van der Waals surface area contributed by atoms with Gasteiger partial charge in [-0.1, -0.05) is 6.92 Å². The second-order valence-electron chi connectivity index (χ2n) is 5.75. The van der Waals surface area contributed by atoms with Gasteiger partial charge in [0.2, 0.25) is 0 Å². The number of halogens is 2. The number of hydrogen-bond acceptors (Lipinski definition) is 3. The van der Waals surface area contributed by atoms with E-state index in [1.54, 1.807) is 4.90 Å². The number of rotatable bonds is 5. The first-order chi connectivity index (χ1) is 10.0. The van der Waals surface area contributed by atoms with E-state index < -0.39 is 11.6 Å². The molecule has 0 bridgehead atoms. The van der Waals surface area contributed by atoms with Gasteiger partial charge in [-0.25, -0.2) is 8.78 Å². The van der Waals surface area contributed by atoms with E-state index in [0.29, 0.717) is 25.2 Å². The largest absolute Gasteiger partial charge is 0.372 e. The van der Waals surface area contributed by atoms with Gasteiger partial charge < -0.3 is 15.0 Å². The summed E-state index contributed by atoms with van der Waals surface area (Å²) in [6.07, 6.45) is 0.934. The Morgan fingerprint density at radius 2 is 1.76 bits per heavy atom. The minimum atomic E-state index is -0.496. The minimum Gasteiger partial charge on any atom is -0.372 e. The Morgan fingerprint density at radius 1 is 1.19 bits per heavy atom. The molecule has 0 aromatic heterocycles. The fraction of sp³-hybridized carbons (Fsp3) is 0.625. The molecule has 2 atom stereocenters. The van der Waals surface area contributed by atoms with Crippen LogP contribution in [0.5, 0.6) is 0 Å². The lowest BCUT2D eigenvalue weighted by molar-refractivity contribution is -0.00558. The summed E-state index contributed by atoms with van der Waals surface area (Å²) in [7, 11) is 0. The Hall–Kier alpha value is -1.20. The zero-order valence-electron chi connectivity index (χ0n) is 13.0. The lowest BCUT2D eigenvalue weighted by Crippen LogP contribution is -2.46. The Labute approximate surface area is 125 Å². The van der Waals surface area contributed by atoms with E-state index in [-0.39, 0.29) is 17.9 Å². The predicted octanol–water partition coefficient (Wildman–Crippen LogP) is 3.08. The van der Waals surface area contributed by atoms with E-state index in [1.165, 1.54) is 12.1 Å². The molecule has 1 aliphatic rings. The molecule has 1 aliphatic heterocycles. The summed E-state index contributed by atoms with van der Waals surface area (Å²) in [6.45, 7) is 8.22. The molecule has 3 nitrogen and oxygen atoms in total. The summed E-state index contributed by atoms with van der Waals surface area (Å²) in [5, 5.41) is 3.15. The molecule has 0 radical (unpaired) electrons. The third kappa shape index (κ3) is 4.14. The Kier molecular flexibility index (Phi) is 5.53. The maximum atomic E-state index is 14.3. The minimum absolute atomic E-state index is 0.0292. The van der Waals surface area contributed by atoms with Crippen molar-refractivity contribution in [3.05, 3.63) is 29.3 Å².